The van der Waals surface area contributed by atoms with Crippen LogP contribution in [0.1, 0.15) is 25.3 Å². The number of pyridine rings is 1. The molecule has 2 rings (SSSR count). The highest BCUT2D eigenvalue weighted by molar-refractivity contribution is 9.10. The summed E-state index contributed by atoms with van der Waals surface area (Å²) >= 11 is 3.38. The molecule has 0 aromatic carbocycles. The summed E-state index contributed by atoms with van der Waals surface area (Å²) in [5, 5.41) is 0. The van der Waals surface area contributed by atoms with Crippen molar-refractivity contribution in [2.24, 2.45) is 0 Å². The van der Waals surface area contributed by atoms with Crippen LogP contribution in [0.2, 0.25) is 0 Å². The van der Waals surface area contributed by atoms with Crippen molar-refractivity contribution in [3.63, 3.8) is 0 Å². The summed E-state index contributed by atoms with van der Waals surface area (Å²) in [6, 6.07) is 3.86. The van der Waals surface area contributed by atoms with E-state index < -0.39 is 0 Å². The SMILES string of the molecule is CC(=O)C1(c2cccnc2Br)CC1. The van der Waals surface area contributed by atoms with Crippen LogP contribution in [0.5, 0.6) is 0 Å². The molecule has 0 atom stereocenters. The molecule has 0 spiro atoms. The number of nitrogens with zero attached hydrogens (tertiary/aromatic N) is 1. The van der Waals surface area contributed by atoms with Gasteiger partial charge in [0.2, 0.25) is 0 Å². The number of aromatic nitrogens is 1. The molecule has 0 aliphatic heterocycles. The lowest BCUT2D eigenvalue weighted by Gasteiger charge is -2.12. The predicted molar refractivity (Wildman–Crippen MR) is 53.5 cm³/mol. The number of ketones is 1. The Morgan fingerprint density at radius 1 is 1.62 bits per heavy atom. The van der Waals surface area contributed by atoms with Crippen molar-refractivity contribution in [1.82, 2.24) is 4.98 Å². The highest BCUT2D eigenvalue weighted by atomic mass is 79.9. The van der Waals surface area contributed by atoms with Gasteiger partial charge in [-0.15, -0.1) is 0 Å². The summed E-state index contributed by atoms with van der Waals surface area (Å²) in [4.78, 5) is 15.6. The van der Waals surface area contributed by atoms with Crippen molar-refractivity contribution in [3.8, 4) is 0 Å². The van der Waals surface area contributed by atoms with E-state index in [9.17, 15) is 4.79 Å². The summed E-state index contributed by atoms with van der Waals surface area (Å²) in [6.45, 7) is 1.66. The van der Waals surface area contributed by atoms with Crippen LogP contribution >= 0.6 is 15.9 Å². The molecule has 1 saturated carbocycles. The third-order valence-corrected chi connectivity index (χ3v) is 3.33. The maximum Gasteiger partial charge on any atom is 0.140 e. The van der Waals surface area contributed by atoms with E-state index in [1.165, 1.54) is 0 Å². The molecule has 0 radical (unpaired) electrons. The number of halogens is 1. The zero-order valence-electron chi connectivity index (χ0n) is 7.38. The minimum absolute atomic E-state index is 0.215. The number of rotatable bonds is 2. The minimum Gasteiger partial charge on any atom is -0.299 e. The first-order chi connectivity index (χ1) is 6.17. The average Bonchev–Trinajstić information content (AvgIpc) is 2.85. The van der Waals surface area contributed by atoms with E-state index >= 15 is 0 Å². The molecule has 1 heterocycles. The molecule has 1 aromatic rings. The van der Waals surface area contributed by atoms with Crippen LogP contribution in [0.15, 0.2) is 22.9 Å². The van der Waals surface area contributed by atoms with Crippen LogP contribution in [-0.4, -0.2) is 10.8 Å². The molecule has 1 aliphatic carbocycles. The summed E-state index contributed by atoms with van der Waals surface area (Å²) < 4.78 is 0.808. The van der Waals surface area contributed by atoms with Crippen molar-refractivity contribution in [3.05, 3.63) is 28.5 Å². The van der Waals surface area contributed by atoms with E-state index in [0.717, 1.165) is 23.0 Å². The molecule has 0 unspecified atom stereocenters. The standard InChI is InChI=1S/C10H10BrNO/c1-7(13)10(4-5-10)8-3-2-6-12-9(8)11/h2-3,6H,4-5H2,1H3. The van der Waals surface area contributed by atoms with Crippen molar-refractivity contribution >= 4 is 21.7 Å². The minimum atomic E-state index is -0.215. The van der Waals surface area contributed by atoms with E-state index in [0.29, 0.717) is 0 Å². The molecule has 2 nitrogen and oxygen atoms in total. The molecule has 0 amide bonds. The van der Waals surface area contributed by atoms with Crippen molar-refractivity contribution in [2.45, 2.75) is 25.2 Å². The summed E-state index contributed by atoms with van der Waals surface area (Å²) in [5.74, 6) is 0.251. The number of Topliss-reactive ketones (excluding diaryl/α,β-unsaturated/α-hetero) is 1. The molecular formula is C10H10BrNO. The lowest BCUT2D eigenvalue weighted by molar-refractivity contribution is -0.119. The first-order valence-corrected chi connectivity index (χ1v) is 5.08. The Labute approximate surface area is 85.5 Å². The molecule has 68 valence electrons. The normalized spacial score (nSPS) is 18.3. The second kappa shape index (κ2) is 2.91. The van der Waals surface area contributed by atoms with Crippen LogP contribution in [0.4, 0.5) is 0 Å². The Morgan fingerprint density at radius 2 is 2.31 bits per heavy atom. The predicted octanol–water partition coefficient (Wildman–Crippen LogP) is 2.46. The monoisotopic (exact) mass is 239 g/mol. The van der Waals surface area contributed by atoms with Gasteiger partial charge in [-0.05, 0) is 47.3 Å². The molecular weight excluding hydrogens is 230 g/mol. The molecule has 1 fully saturated rings. The fourth-order valence-corrected chi connectivity index (χ4v) is 2.31. The first-order valence-electron chi connectivity index (χ1n) is 4.29. The third kappa shape index (κ3) is 1.31. The van der Waals surface area contributed by atoms with Gasteiger partial charge < -0.3 is 0 Å². The van der Waals surface area contributed by atoms with E-state index in [4.69, 9.17) is 0 Å². The van der Waals surface area contributed by atoms with Gasteiger partial charge in [-0.3, -0.25) is 4.79 Å². The van der Waals surface area contributed by atoms with Crippen LogP contribution in [0, 0.1) is 0 Å². The van der Waals surface area contributed by atoms with Crippen molar-refractivity contribution < 1.29 is 4.79 Å². The Bertz CT molecular complexity index is 358. The smallest absolute Gasteiger partial charge is 0.140 e. The lowest BCUT2D eigenvalue weighted by Crippen LogP contribution is -2.17. The molecule has 13 heavy (non-hydrogen) atoms. The largest absolute Gasteiger partial charge is 0.299 e. The van der Waals surface area contributed by atoms with E-state index in [1.807, 2.05) is 12.1 Å². The highest BCUT2D eigenvalue weighted by Crippen LogP contribution is 2.50. The number of carbonyl (C=O) groups is 1. The van der Waals surface area contributed by atoms with E-state index in [1.54, 1.807) is 13.1 Å². The summed E-state index contributed by atoms with van der Waals surface area (Å²) in [5.41, 5.74) is 0.829. The fraction of sp³-hybridized carbons (Fsp3) is 0.400. The zero-order chi connectivity index (χ0) is 9.47. The van der Waals surface area contributed by atoms with E-state index in [-0.39, 0.29) is 11.2 Å². The van der Waals surface area contributed by atoms with Crippen molar-refractivity contribution in [1.29, 1.82) is 0 Å². The Kier molecular flexibility index (Phi) is 1.99. The highest BCUT2D eigenvalue weighted by Gasteiger charge is 2.49. The van der Waals surface area contributed by atoms with Gasteiger partial charge in [0, 0.05) is 6.20 Å². The van der Waals surface area contributed by atoms with Gasteiger partial charge in [-0.2, -0.15) is 0 Å². The van der Waals surface area contributed by atoms with Gasteiger partial charge in [0.15, 0.2) is 0 Å². The number of hydrogen-bond donors (Lipinski definition) is 0. The van der Waals surface area contributed by atoms with Crippen LogP contribution in [0.25, 0.3) is 0 Å². The Morgan fingerprint density at radius 3 is 2.77 bits per heavy atom. The van der Waals surface area contributed by atoms with Gasteiger partial charge in [0.25, 0.3) is 0 Å². The van der Waals surface area contributed by atoms with Gasteiger partial charge in [-0.1, -0.05) is 6.07 Å². The van der Waals surface area contributed by atoms with Gasteiger partial charge >= 0.3 is 0 Å². The van der Waals surface area contributed by atoms with Crippen molar-refractivity contribution in [2.75, 3.05) is 0 Å². The molecule has 3 heteroatoms. The maximum absolute atomic E-state index is 11.4. The lowest BCUT2D eigenvalue weighted by atomic mass is 9.94. The topological polar surface area (TPSA) is 30.0 Å². The zero-order valence-corrected chi connectivity index (χ0v) is 8.97. The third-order valence-electron chi connectivity index (χ3n) is 2.70. The second-order valence-corrected chi connectivity index (χ2v) is 4.23. The van der Waals surface area contributed by atoms with Gasteiger partial charge in [-0.25, -0.2) is 4.98 Å². The Balaban J connectivity index is 2.47. The molecule has 1 aromatic heterocycles. The average molecular weight is 240 g/mol. The fourth-order valence-electron chi connectivity index (χ4n) is 1.68. The molecule has 1 aliphatic rings. The van der Waals surface area contributed by atoms with Gasteiger partial charge in [0.05, 0.1) is 5.41 Å². The van der Waals surface area contributed by atoms with Crippen LogP contribution in [0.3, 0.4) is 0 Å². The number of hydrogen-bond acceptors (Lipinski definition) is 2. The Hall–Kier alpha value is -0.700. The quantitative estimate of drug-likeness (QED) is 0.743. The maximum atomic E-state index is 11.4. The van der Waals surface area contributed by atoms with Crippen LogP contribution < -0.4 is 0 Å². The molecule has 0 bridgehead atoms. The summed E-state index contributed by atoms with van der Waals surface area (Å²) in [7, 11) is 0. The number of carbonyl (C=O) groups excluding carboxylic acids is 1. The second-order valence-electron chi connectivity index (χ2n) is 3.48. The van der Waals surface area contributed by atoms with Crippen LogP contribution in [-0.2, 0) is 10.2 Å². The first kappa shape index (κ1) is 8.88. The van der Waals surface area contributed by atoms with E-state index in [2.05, 4.69) is 20.9 Å². The molecule has 0 saturated heterocycles. The summed E-state index contributed by atoms with van der Waals surface area (Å²) in [6.07, 6.45) is 3.66. The van der Waals surface area contributed by atoms with Gasteiger partial charge in [0.1, 0.15) is 10.4 Å². The molecule has 0 N–H and O–H groups in total.